The van der Waals surface area contributed by atoms with Gasteiger partial charge in [-0.05, 0) is 43.9 Å². The first kappa shape index (κ1) is 22.5. The molecule has 1 aliphatic heterocycles. The molecule has 0 radical (unpaired) electrons. The Morgan fingerprint density at radius 3 is 2.62 bits per heavy atom. The third-order valence-corrected chi connectivity index (χ3v) is 7.86. The van der Waals surface area contributed by atoms with E-state index in [1.54, 1.807) is 13.0 Å². The number of anilines is 1. The number of ether oxygens (including phenoxy) is 1. The summed E-state index contributed by atoms with van der Waals surface area (Å²) < 4.78 is 39.7. The lowest BCUT2D eigenvalue weighted by Gasteiger charge is -2.29. The van der Waals surface area contributed by atoms with Crippen molar-refractivity contribution in [3.05, 3.63) is 64.8 Å². The first-order valence-corrected chi connectivity index (χ1v) is 12.7. The fourth-order valence-electron chi connectivity index (χ4n) is 4.05. The highest BCUT2D eigenvalue weighted by atomic mass is 32.2. The van der Waals surface area contributed by atoms with Crippen LogP contribution in [0.5, 0.6) is 5.75 Å². The molecule has 1 fully saturated rings. The van der Waals surface area contributed by atoms with Gasteiger partial charge in [-0.25, -0.2) is 13.1 Å². The van der Waals surface area contributed by atoms with Crippen LogP contribution in [0.15, 0.2) is 45.8 Å². The number of hydrogen-bond acceptors (Lipinski definition) is 7. The minimum atomic E-state index is -3.80. The summed E-state index contributed by atoms with van der Waals surface area (Å²) in [5.41, 5.74) is 2.95. The van der Waals surface area contributed by atoms with E-state index in [0.717, 1.165) is 30.4 Å². The second-order valence-corrected chi connectivity index (χ2v) is 10.6. The Morgan fingerprint density at radius 1 is 1.15 bits per heavy atom. The highest BCUT2D eigenvalue weighted by Crippen LogP contribution is 2.38. The maximum Gasteiger partial charge on any atom is 0.265 e. The highest BCUT2D eigenvalue weighted by Gasteiger charge is 2.31. The van der Waals surface area contributed by atoms with Gasteiger partial charge >= 0.3 is 0 Å². The molecular weight excluding hydrogens is 456 g/mol. The van der Waals surface area contributed by atoms with E-state index in [1.807, 2.05) is 31.2 Å². The van der Waals surface area contributed by atoms with Crippen LogP contribution in [0.1, 0.15) is 53.6 Å². The number of rotatable bonds is 7. The van der Waals surface area contributed by atoms with Crippen molar-refractivity contribution in [3.63, 3.8) is 0 Å². The van der Waals surface area contributed by atoms with E-state index >= 15 is 0 Å². The lowest BCUT2D eigenvalue weighted by Crippen LogP contribution is -2.38. The standard InChI is InChI=1S/C24H26N4O5S/c1-15-6-8-17(9-7-15)12-25-34(30,31)21-11-20-19(10-16(21)2)28(23(29)14-32-20)13-22-26-24(33-27-22)18-4-3-5-18/h6-11,18,25H,3-5,12-14H2,1-2H3. The number of aryl methyl sites for hydroxylation is 2. The van der Waals surface area contributed by atoms with E-state index in [4.69, 9.17) is 9.26 Å². The van der Waals surface area contributed by atoms with E-state index in [9.17, 15) is 13.2 Å². The Labute approximate surface area is 198 Å². The van der Waals surface area contributed by atoms with Crippen molar-refractivity contribution in [2.24, 2.45) is 0 Å². The fourth-order valence-corrected chi connectivity index (χ4v) is 5.31. The number of aromatic nitrogens is 2. The van der Waals surface area contributed by atoms with Gasteiger partial charge < -0.3 is 9.26 Å². The van der Waals surface area contributed by atoms with Gasteiger partial charge in [-0.2, -0.15) is 4.98 Å². The van der Waals surface area contributed by atoms with Crippen LogP contribution in [-0.2, 0) is 27.9 Å². The first-order valence-electron chi connectivity index (χ1n) is 11.3. The molecule has 34 heavy (non-hydrogen) atoms. The molecule has 1 saturated carbocycles. The van der Waals surface area contributed by atoms with E-state index in [-0.39, 0.29) is 30.5 Å². The Kier molecular flexibility index (Phi) is 5.86. The van der Waals surface area contributed by atoms with Gasteiger partial charge in [0.05, 0.1) is 17.1 Å². The third kappa shape index (κ3) is 4.43. The summed E-state index contributed by atoms with van der Waals surface area (Å²) in [5, 5.41) is 4.03. The maximum atomic E-state index is 13.0. The number of carbonyl (C=O) groups is 1. The molecule has 2 heterocycles. The highest BCUT2D eigenvalue weighted by molar-refractivity contribution is 7.89. The van der Waals surface area contributed by atoms with E-state index < -0.39 is 10.0 Å². The average molecular weight is 483 g/mol. The summed E-state index contributed by atoms with van der Waals surface area (Å²) in [6.45, 7) is 3.78. The predicted octanol–water partition coefficient (Wildman–Crippen LogP) is 3.36. The molecule has 5 rings (SSSR count). The SMILES string of the molecule is Cc1ccc(CNS(=O)(=O)c2cc3c(cc2C)N(Cc2noc(C4CCC4)n2)C(=O)CO3)cc1. The zero-order valence-electron chi connectivity index (χ0n) is 19.1. The van der Waals surface area contributed by atoms with Gasteiger partial charge in [-0.15, -0.1) is 0 Å². The van der Waals surface area contributed by atoms with Crippen LogP contribution >= 0.6 is 0 Å². The topological polar surface area (TPSA) is 115 Å². The molecule has 1 aliphatic carbocycles. The zero-order chi connectivity index (χ0) is 23.9. The Hall–Kier alpha value is -3.24. The third-order valence-electron chi connectivity index (χ3n) is 6.31. The number of nitrogens with one attached hydrogen (secondary N) is 1. The molecule has 178 valence electrons. The minimum absolute atomic E-state index is 0.111. The van der Waals surface area contributed by atoms with Crippen LogP contribution in [0, 0.1) is 13.8 Å². The molecule has 2 aliphatic rings. The number of benzene rings is 2. The van der Waals surface area contributed by atoms with Gasteiger partial charge in [-0.1, -0.05) is 41.4 Å². The second-order valence-electron chi connectivity index (χ2n) is 8.84. The van der Waals surface area contributed by atoms with Gasteiger partial charge in [-0.3, -0.25) is 9.69 Å². The van der Waals surface area contributed by atoms with Crippen molar-refractivity contribution in [1.29, 1.82) is 0 Å². The number of sulfonamides is 1. The molecule has 0 unspecified atom stereocenters. The number of amides is 1. The van der Waals surface area contributed by atoms with Crippen LogP contribution in [0.25, 0.3) is 0 Å². The van der Waals surface area contributed by atoms with E-state index in [0.29, 0.717) is 34.6 Å². The van der Waals surface area contributed by atoms with E-state index in [1.165, 1.54) is 11.0 Å². The van der Waals surface area contributed by atoms with Gasteiger partial charge in [0.2, 0.25) is 15.9 Å². The Morgan fingerprint density at radius 2 is 1.91 bits per heavy atom. The van der Waals surface area contributed by atoms with Crippen LogP contribution in [0.4, 0.5) is 5.69 Å². The lowest BCUT2D eigenvalue weighted by atomic mass is 9.85. The van der Waals surface area contributed by atoms with Gasteiger partial charge in [0.25, 0.3) is 5.91 Å². The van der Waals surface area contributed by atoms with Crippen molar-refractivity contribution in [3.8, 4) is 5.75 Å². The number of hydrogen-bond donors (Lipinski definition) is 1. The minimum Gasteiger partial charge on any atom is -0.482 e. The Balaban J connectivity index is 1.37. The second kappa shape index (κ2) is 8.84. The molecule has 0 atom stereocenters. The summed E-state index contributed by atoms with van der Waals surface area (Å²) >= 11 is 0. The summed E-state index contributed by atoms with van der Waals surface area (Å²) in [7, 11) is -3.80. The molecule has 9 nitrogen and oxygen atoms in total. The van der Waals surface area contributed by atoms with Crippen LogP contribution < -0.4 is 14.4 Å². The summed E-state index contributed by atoms with van der Waals surface area (Å²) in [6, 6.07) is 10.8. The van der Waals surface area contributed by atoms with Crippen molar-refractivity contribution >= 4 is 21.6 Å². The quantitative estimate of drug-likeness (QED) is 0.549. The summed E-state index contributed by atoms with van der Waals surface area (Å²) in [5.74, 6) is 1.40. The largest absolute Gasteiger partial charge is 0.482 e. The molecule has 0 saturated heterocycles. The van der Waals surface area contributed by atoms with Crippen LogP contribution in [0.3, 0.4) is 0 Å². The van der Waals surface area contributed by atoms with Gasteiger partial charge in [0.15, 0.2) is 12.4 Å². The lowest BCUT2D eigenvalue weighted by molar-refractivity contribution is -0.121. The van der Waals surface area contributed by atoms with Crippen LogP contribution in [-0.4, -0.2) is 31.1 Å². The molecule has 1 amide bonds. The first-order chi connectivity index (χ1) is 16.3. The number of fused-ring (bicyclic) bond motifs is 1. The molecule has 0 bridgehead atoms. The number of nitrogens with zero attached hydrogens (tertiary/aromatic N) is 3. The molecule has 1 aromatic heterocycles. The van der Waals surface area contributed by atoms with Crippen molar-refractivity contribution < 1.29 is 22.5 Å². The van der Waals surface area contributed by atoms with Gasteiger partial charge in [0.1, 0.15) is 5.75 Å². The zero-order valence-corrected chi connectivity index (χ0v) is 19.9. The Bertz CT molecular complexity index is 1330. The van der Waals surface area contributed by atoms with Crippen molar-refractivity contribution in [2.75, 3.05) is 11.5 Å². The van der Waals surface area contributed by atoms with E-state index in [2.05, 4.69) is 14.9 Å². The predicted molar refractivity (Wildman–Crippen MR) is 124 cm³/mol. The normalized spacial score (nSPS) is 16.2. The van der Waals surface area contributed by atoms with Crippen LogP contribution in [0.2, 0.25) is 0 Å². The number of carbonyl (C=O) groups excluding carboxylic acids is 1. The maximum absolute atomic E-state index is 13.0. The summed E-state index contributed by atoms with van der Waals surface area (Å²) in [6.07, 6.45) is 3.23. The van der Waals surface area contributed by atoms with Crippen molar-refractivity contribution in [2.45, 2.75) is 57.0 Å². The monoisotopic (exact) mass is 482 g/mol. The molecule has 10 heteroatoms. The average Bonchev–Trinajstić information content (AvgIpc) is 3.21. The van der Waals surface area contributed by atoms with Gasteiger partial charge in [0, 0.05) is 18.5 Å². The molecular formula is C24H26N4O5S. The summed E-state index contributed by atoms with van der Waals surface area (Å²) in [4.78, 5) is 18.7. The smallest absolute Gasteiger partial charge is 0.265 e. The molecule has 1 N–H and O–H groups in total. The fraction of sp³-hybridized carbons (Fsp3) is 0.375. The molecule has 0 spiro atoms. The van der Waals surface area contributed by atoms with Crippen molar-refractivity contribution in [1.82, 2.24) is 14.9 Å². The molecule has 2 aromatic carbocycles. The molecule has 3 aromatic rings.